The van der Waals surface area contributed by atoms with Crippen molar-refractivity contribution in [3.05, 3.63) is 0 Å². The Bertz CT molecular complexity index is 403. The van der Waals surface area contributed by atoms with E-state index in [0.717, 1.165) is 5.75 Å². The molecule has 108 valence electrons. The molecular formula is C11H22N6OS. The Morgan fingerprint density at radius 3 is 2.53 bits per heavy atom. The zero-order chi connectivity index (χ0) is 14.4. The zero-order valence-electron chi connectivity index (χ0n) is 12.0. The van der Waals surface area contributed by atoms with Crippen molar-refractivity contribution in [1.29, 1.82) is 0 Å². The summed E-state index contributed by atoms with van der Waals surface area (Å²) in [4.78, 5) is 14.6. The molecule has 1 unspecified atom stereocenters. The van der Waals surface area contributed by atoms with Crippen molar-refractivity contribution in [1.82, 2.24) is 15.0 Å². The number of thioether (sulfide) groups is 1. The summed E-state index contributed by atoms with van der Waals surface area (Å²) >= 11 is 1.77. The van der Waals surface area contributed by atoms with Gasteiger partial charge in [0, 0.05) is 18.8 Å². The SMILES string of the molecule is CSCC(C)N(C)c1nc(NN)nc(OC(C)C)n1. The van der Waals surface area contributed by atoms with E-state index in [9.17, 15) is 0 Å². The second kappa shape index (κ2) is 7.34. The molecule has 1 aromatic rings. The summed E-state index contributed by atoms with van der Waals surface area (Å²) in [6.07, 6.45) is 2.06. The highest BCUT2D eigenvalue weighted by molar-refractivity contribution is 7.98. The topological polar surface area (TPSA) is 89.2 Å². The lowest BCUT2D eigenvalue weighted by Gasteiger charge is -2.24. The molecule has 0 aromatic carbocycles. The van der Waals surface area contributed by atoms with Gasteiger partial charge in [0.1, 0.15) is 0 Å². The van der Waals surface area contributed by atoms with E-state index in [1.165, 1.54) is 0 Å². The number of ether oxygens (including phenoxy) is 1. The van der Waals surface area contributed by atoms with Crippen LogP contribution in [-0.4, -0.2) is 46.2 Å². The van der Waals surface area contributed by atoms with Gasteiger partial charge in [0.2, 0.25) is 11.9 Å². The van der Waals surface area contributed by atoms with Crippen LogP contribution in [0.1, 0.15) is 20.8 Å². The van der Waals surface area contributed by atoms with E-state index in [-0.39, 0.29) is 12.1 Å². The van der Waals surface area contributed by atoms with Gasteiger partial charge in [0.25, 0.3) is 0 Å². The number of anilines is 2. The lowest BCUT2D eigenvalue weighted by atomic mass is 10.3. The van der Waals surface area contributed by atoms with Crippen LogP contribution in [0.3, 0.4) is 0 Å². The van der Waals surface area contributed by atoms with Gasteiger partial charge < -0.3 is 9.64 Å². The van der Waals surface area contributed by atoms with Crippen LogP contribution in [0.25, 0.3) is 0 Å². The molecule has 3 N–H and O–H groups in total. The highest BCUT2D eigenvalue weighted by Gasteiger charge is 2.16. The number of rotatable bonds is 7. The van der Waals surface area contributed by atoms with Crippen molar-refractivity contribution < 1.29 is 4.74 Å². The molecule has 0 spiro atoms. The van der Waals surface area contributed by atoms with E-state index in [1.807, 2.05) is 25.8 Å². The number of nitrogens with one attached hydrogen (secondary N) is 1. The van der Waals surface area contributed by atoms with E-state index in [2.05, 4.69) is 33.6 Å². The third-order valence-corrected chi connectivity index (χ3v) is 3.27. The van der Waals surface area contributed by atoms with Crippen molar-refractivity contribution in [3.8, 4) is 6.01 Å². The maximum absolute atomic E-state index is 5.50. The summed E-state index contributed by atoms with van der Waals surface area (Å²) in [5.41, 5.74) is 2.43. The number of nitrogens with two attached hydrogens (primary N) is 1. The Balaban J connectivity index is 2.98. The summed E-state index contributed by atoms with van der Waals surface area (Å²) in [6, 6.07) is 0.575. The van der Waals surface area contributed by atoms with Gasteiger partial charge in [0.15, 0.2) is 0 Å². The summed E-state index contributed by atoms with van der Waals surface area (Å²) in [5, 5.41) is 0. The van der Waals surface area contributed by atoms with Crippen LogP contribution in [0.4, 0.5) is 11.9 Å². The fourth-order valence-corrected chi connectivity index (χ4v) is 2.09. The number of aromatic nitrogens is 3. The first-order valence-corrected chi connectivity index (χ1v) is 7.48. The Labute approximate surface area is 118 Å². The Morgan fingerprint density at radius 1 is 1.32 bits per heavy atom. The molecule has 8 heteroatoms. The molecule has 0 fully saturated rings. The minimum atomic E-state index is -0.00481. The molecule has 1 atom stereocenters. The van der Waals surface area contributed by atoms with Gasteiger partial charge in [-0.1, -0.05) is 0 Å². The first-order chi connectivity index (χ1) is 8.97. The second-order valence-electron chi connectivity index (χ2n) is 4.47. The van der Waals surface area contributed by atoms with Crippen LogP contribution in [0.2, 0.25) is 0 Å². The van der Waals surface area contributed by atoms with Gasteiger partial charge in [-0.25, -0.2) is 5.84 Å². The first-order valence-electron chi connectivity index (χ1n) is 6.09. The van der Waals surface area contributed by atoms with E-state index in [4.69, 9.17) is 10.6 Å². The number of hydrazine groups is 1. The molecule has 0 bridgehead atoms. The molecule has 1 aromatic heterocycles. The van der Waals surface area contributed by atoms with Crippen molar-refractivity contribution in [3.63, 3.8) is 0 Å². The molecule has 0 saturated heterocycles. The predicted octanol–water partition coefficient (Wildman–Crippen LogP) is 1.13. The van der Waals surface area contributed by atoms with Gasteiger partial charge in [-0.05, 0) is 27.0 Å². The normalized spacial score (nSPS) is 12.4. The average molecular weight is 286 g/mol. The molecule has 0 saturated carbocycles. The highest BCUT2D eigenvalue weighted by Crippen LogP contribution is 2.17. The fraction of sp³-hybridized carbons (Fsp3) is 0.727. The largest absolute Gasteiger partial charge is 0.461 e. The monoisotopic (exact) mass is 286 g/mol. The lowest BCUT2D eigenvalue weighted by Crippen LogP contribution is -2.33. The standard InChI is InChI=1S/C11H22N6OS/c1-7(2)18-11-14-9(16-12)13-10(15-11)17(4)8(3)6-19-5/h7-8H,6,12H2,1-5H3,(H,13,14,15,16). The van der Waals surface area contributed by atoms with E-state index in [0.29, 0.717) is 17.9 Å². The van der Waals surface area contributed by atoms with Crippen LogP contribution in [0, 0.1) is 0 Å². The van der Waals surface area contributed by atoms with E-state index in [1.54, 1.807) is 11.8 Å². The van der Waals surface area contributed by atoms with Crippen LogP contribution < -0.4 is 20.9 Å². The van der Waals surface area contributed by atoms with E-state index >= 15 is 0 Å². The highest BCUT2D eigenvalue weighted by atomic mass is 32.2. The molecule has 0 amide bonds. The van der Waals surface area contributed by atoms with Crippen LogP contribution in [0.5, 0.6) is 6.01 Å². The smallest absolute Gasteiger partial charge is 0.323 e. The Kier molecular flexibility index (Phi) is 6.10. The predicted molar refractivity (Wildman–Crippen MR) is 79.6 cm³/mol. The number of hydrogen-bond acceptors (Lipinski definition) is 8. The Hall–Kier alpha value is -1.28. The van der Waals surface area contributed by atoms with Crippen molar-refractivity contribution in [2.75, 3.05) is 29.4 Å². The minimum absolute atomic E-state index is 0.00481. The fourth-order valence-electron chi connectivity index (χ4n) is 1.38. The Morgan fingerprint density at radius 2 is 2.00 bits per heavy atom. The van der Waals surface area contributed by atoms with Crippen molar-refractivity contribution in [2.24, 2.45) is 5.84 Å². The number of nitrogen functional groups attached to an aromatic ring is 1. The molecule has 7 nitrogen and oxygen atoms in total. The van der Waals surface area contributed by atoms with Crippen molar-refractivity contribution in [2.45, 2.75) is 32.9 Å². The summed E-state index contributed by atoms with van der Waals surface area (Å²) < 4.78 is 5.50. The van der Waals surface area contributed by atoms with Gasteiger partial charge in [-0.15, -0.1) is 0 Å². The van der Waals surface area contributed by atoms with E-state index < -0.39 is 0 Å². The summed E-state index contributed by atoms with van der Waals surface area (Å²) in [5.74, 6) is 7.19. The third kappa shape index (κ3) is 4.71. The molecule has 0 aliphatic carbocycles. The number of nitrogens with zero attached hydrogens (tertiary/aromatic N) is 4. The van der Waals surface area contributed by atoms with Crippen LogP contribution in [-0.2, 0) is 0 Å². The maximum Gasteiger partial charge on any atom is 0.323 e. The molecule has 19 heavy (non-hydrogen) atoms. The molecule has 0 aliphatic rings. The summed E-state index contributed by atoms with van der Waals surface area (Å²) in [7, 11) is 1.94. The quantitative estimate of drug-likeness (QED) is 0.569. The molecule has 1 rings (SSSR count). The third-order valence-electron chi connectivity index (χ3n) is 2.46. The average Bonchev–Trinajstić information content (AvgIpc) is 2.36. The first kappa shape index (κ1) is 15.8. The maximum atomic E-state index is 5.50. The van der Waals surface area contributed by atoms with Gasteiger partial charge in [-0.2, -0.15) is 26.7 Å². The van der Waals surface area contributed by atoms with Gasteiger partial charge >= 0.3 is 6.01 Å². The minimum Gasteiger partial charge on any atom is -0.461 e. The van der Waals surface area contributed by atoms with Crippen LogP contribution in [0.15, 0.2) is 0 Å². The summed E-state index contributed by atoms with van der Waals surface area (Å²) in [6.45, 7) is 5.94. The van der Waals surface area contributed by atoms with Crippen molar-refractivity contribution >= 4 is 23.7 Å². The number of hydrogen-bond donors (Lipinski definition) is 2. The van der Waals surface area contributed by atoms with Gasteiger partial charge in [0.05, 0.1) is 6.10 Å². The molecule has 0 aliphatic heterocycles. The molecule has 0 radical (unpaired) electrons. The second-order valence-corrected chi connectivity index (χ2v) is 5.38. The van der Waals surface area contributed by atoms with Crippen LogP contribution >= 0.6 is 11.8 Å². The van der Waals surface area contributed by atoms with Gasteiger partial charge in [-0.3, -0.25) is 5.43 Å². The lowest BCUT2D eigenvalue weighted by molar-refractivity contribution is 0.222. The molecular weight excluding hydrogens is 264 g/mol. The zero-order valence-corrected chi connectivity index (χ0v) is 12.9. The molecule has 1 heterocycles.